The lowest BCUT2D eigenvalue weighted by Crippen LogP contribution is -2.25. The maximum Gasteiger partial charge on any atom is 0.296 e. The Labute approximate surface area is 140 Å². The number of anilines is 2. The van der Waals surface area contributed by atoms with E-state index >= 15 is 0 Å². The van der Waals surface area contributed by atoms with Crippen LogP contribution in [0.1, 0.15) is 17.6 Å². The van der Waals surface area contributed by atoms with Gasteiger partial charge in [0, 0.05) is 12.1 Å². The summed E-state index contributed by atoms with van der Waals surface area (Å²) >= 11 is 0. The zero-order valence-corrected chi connectivity index (χ0v) is 12.8. The van der Waals surface area contributed by atoms with Gasteiger partial charge >= 0.3 is 0 Å². The van der Waals surface area contributed by atoms with E-state index in [1.807, 2.05) is 0 Å². The van der Waals surface area contributed by atoms with Crippen molar-refractivity contribution >= 4 is 23.0 Å². The van der Waals surface area contributed by atoms with Gasteiger partial charge in [0.2, 0.25) is 0 Å². The first-order valence-corrected chi connectivity index (χ1v) is 7.30. The van der Waals surface area contributed by atoms with Crippen molar-refractivity contribution in [3.8, 4) is 5.75 Å². The number of benzene rings is 2. The Hall–Kier alpha value is -3.23. The van der Waals surface area contributed by atoms with Crippen LogP contribution in [0.25, 0.3) is 0 Å². The number of nitro groups is 1. The van der Waals surface area contributed by atoms with Crippen LogP contribution < -0.4 is 15.4 Å². The predicted octanol–water partition coefficient (Wildman–Crippen LogP) is 3.48. The Morgan fingerprint density at radius 3 is 2.64 bits per heavy atom. The molecule has 0 radical (unpaired) electrons. The summed E-state index contributed by atoms with van der Waals surface area (Å²) in [6, 6.07) is 8.29. The zero-order chi connectivity index (χ0) is 18.0. The Morgan fingerprint density at radius 2 is 2.00 bits per heavy atom. The van der Waals surface area contributed by atoms with E-state index in [0.29, 0.717) is 11.3 Å². The van der Waals surface area contributed by atoms with Gasteiger partial charge in [0.15, 0.2) is 12.4 Å². The fraction of sp³-hybridized carbons (Fsp3) is 0.188. The minimum atomic E-state index is -2.55. The SMILES string of the molecule is O=C1COc2cc([N+](=O)[O-])c(NCc3ccc(C(F)F)cc3)cc2N1. The Morgan fingerprint density at radius 1 is 1.28 bits per heavy atom. The van der Waals surface area contributed by atoms with Crippen molar-refractivity contribution < 1.29 is 23.2 Å². The highest BCUT2D eigenvalue weighted by atomic mass is 19.3. The van der Waals surface area contributed by atoms with Crippen molar-refractivity contribution in [2.24, 2.45) is 0 Å². The van der Waals surface area contributed by atoms with E-state index in [1.54, 1.807) is 0 Å². The third-order valence-electron chi connectivity index (χ3n) is 3.64. The van der Waals surface area contributed by atoms with E-state index in [-0.39, 0.29) is 41.7 Å². The minimum Gasteiger partial charge on any atom is -0.481 e. The molecular weight excluding hydrogens is 336 g/mol. The quantitative estimate of drug-likeness (QED) is 0.637. The van der Waals surface area contributed by atoms with Crippen LogP contribution in [0.15, 0.2) is 36.4 Å². The summed E-state index contributed by atoms with van der Waals surface area (Å²) in [5, 5.41) is 16.7. The number of rotatable bonds is 5. The van der Waals surface area contributed by atoms with Crippen molar-refractivity contribution in [2.45, 2.75) is 13.0 Å². The summed E-state index contributed by atoms with van der Waals surface area (Å²) in [6.07, 6.45) is -2.55. The van der Waals surface area contributed by atoms with Gasteiger partial charge in [0.05, 0.1) is 16.7 Å². The lowest BCUT2D eigenvalue weighted by atomic mass is 10.1. The number of nitrogens with zero attached hydrogens (tertiary/aromatic N) is 1. The highest BCUT2D eigenvalue weighted by molar-refractivity contribution is 5.96. The van der Waals surface area contributed by atoms with Crippen molar-refractivity contribution in [2.75, 3.05) is 17.2 Å². The Balaban J connectivity index is 1.82. The molecule has 1 heterocycles. The minimum absolute atomic E-state index is 0.0941. The number of ether oxygens (including phenoxy) is 1. The second-order valence-corrected chi connectivity index (χ2v) is 5.36. The maximum absolute atomic E-state index is 12.5. The number of nitrogens with one attached hydrogen (secondary N) is 2. The van der Waals surface area contributed by atoms with Gasteiger partial charge < -0.3 is 15.4 Å². The molecule has 2 N–H and O–H groups in total. The molecule has 0 aromatic heterocycles. The lowest BCUT2D eigenvalue weighted by Gasteiger charge is -2.19. The van der Waals surface area contributed by atoms with Crippen LogP contribution in [0.5, 0.6) is 5.75 Å². The van der Waals surface area contributed by atoms with Gasteiger partial charge in [-0.15, -0.1) is 0 Å². The van der Waals surface area contributed by atoms with Gasteiger partial charge in [0.25, 0.3) is 18.0 Å². The third kappa shape index (κ3) is 3.65. The zero-order valence-electron chi connectivity index (χ0n) is 12.8. The molecule has 9 heteroatoms. The second-order valence-electron chi connectivity index (χ2n) is 5.36. The van der Waals surface area contributed by atoms with Crippen molar-refractivity contribution in [1.29, 1.82) is 0 Å². The molecule has 0 bridgehead atoms. The average Bonchev–Trinajstić information content (AvgIpc) is 2.59. The highest BCUT2D eigenvalue weighted by Gasteiger charge is 2.23. The molecule has 3 rings (SSSR count). The third-order valence-corrected chi connectivity index (χ3v) is 3.64. The van der Waals surface area contributed by atoms with Crippen LogP contribution in [0, 0.1) is 10.1 Å². The van der Waals surface area contributed by atoms with Crippen LogP contribution in [-0.2, 0) is 11.3 Å². The number of hydrogen-bond acceptors (Lipinski definition) is 5. The van der Waals surface area contributed by atoms with E-state index in [4.69, 9.17) is 4.74 Å². The van der Waals surface area contributed by atoms with E-state index in [0.717, 1.165) is 0 Å². The van der Waals surface area contributed by atoms with Crippen LogP contribution in [0.2, 0.25) is 0 Å². The van der Waals surface area contributed by atoms with E-state index < -0.39 is 11.3 Å². The molecule has 1 aliphatic heterocycles. The predicted molar refractivity (Wildman–Crippen MR) is 85.9 cm³/mol. The molecule has 0 saturated carbocycles. The number of hydrogen-bond donors (Lipinski definition) is 2. The largest absolute Gasteiger partial charge is 0.481 e. The Bertz CT molecular complexity index is 825. The molecular formula is C16H13F2N3O4. The Kier molecular flexibility index (Phi) is 4.46. The first-order valence-electron chi connectivity index (χ1n) is 7.30. The smallest absolute Gasteiger partial charge is 0.296 e. The monoisotopic (exact) mass is 349 g/mol. The number of nitro benzene ring substituents is 1. The van der Waals surface area contributed by atoms with Crippen molar-refractivity contribution in [3.05, 3.63) is 57.6 Å². The fourth-order valence-electron chi connectivity index (χ4n) is 2.39. The van der Waals surface area contributed by atoms with E-state index in [9.17, 15) is 23.7 Å². The molecule has 2 aromatic rings. The summed E-state index contributed by atoms with van der Waals surface area (Å²) in [7, 11) is 0. The van der Waals surface area contributed by atoms with E-state index in [1.165, 1.54) is 36.4 Å². The van der Waals surface area contributed by atoms with Gasteiger partial charge in [0.1, 0.15) is 5.69 Å². The van der Waals surface area contributed by atoms with Gasteiger partial charge in [-0.2, -0.15) is 0 Å². The normalized spacial score (nSPS) is 13.0. The van der Waals surface area contributed by atoms with Crippen molar-refractivity contribution in [1.82, 2.24) is 0 Å². The number of amides is 1. The summed E-state index contributed by atoms with van der Waals surface area (Å²) in [5.41, 5.74) is 0.893. The summed E-state index contributed by atoms with van der Waals surface area (Å²) < 4.78 is 30.3. The molecule has 130 valence electrons. The molecule has 0 spiro atoms. The molecule has 0 aliphatic carbocycles. The van der Waals surface area contributed by atoms with Crippen molar-refractivity contribution in [3.63, 3.8) is 0 Å². The molecule has 2 aromatic carbocycles. The maximum atomic E-state index is 12.5. The fourth-order valence-corrected chi connectivity index (χ4v) is 2.39. The average molecular weight is 349 g/mol. The first kappa shape index (κ1) is 16.6. The summed E-state index contributed by atoms with van der Waals surface area (Å²) in [5.74, 6) is -0.131. The summed E-state index contributed by atoms with van der Waals surface area (Å²) in [6.45, 7) is -0.00857. The number of fused-ring (bicyclic) bond motifs is 1. The molecule has 0 unspecified atom stereocenters. The highest BCUT2D eigenvalue weighted by Crippen LogP contribution is 2.38. The van der Waals surface area contributed by atoms with Gasteiger partial charge in [-0.3, -0.25) is 14.9 Å². The molecule has 1 aliphatic rings. The van der Waals surface area contributed by atoms with E-state index in [2.05, 4.69) is 10.6 Å². The number of alkyl halides is 2. The number of carbonyl (C=O) groups excluding carboxylic acids is 1. The lowest BCUT2D eigenvalue weighted by molar-refractivity contribution is -0.384. The van der Waals surface area contributed by atoms with Gasteiger partial charge in [-0.1, -0.05) is 24.3 Å². The van der Waals surface area contributed by atoms with Gasteiger partial charge in [-0.05, 0) is 11.6 Å². The van der Waals surface area contributed by atoms with Crippen LogP contribution in [0.3, 0.4) is 0 Å². The van der Waals surface area contributed by atoms with Crippen LogP contribution >= 0.6 is 0 Å². The van der Waals surface area contributed by atoms with Crippen LogP contribution in [0.4, 0.5) is 25.8 Å². The molecule has 0 fully saturated rings. The number of halogens is 2. The molecule has 7 nitrogen and oxygen atoms in total. The topological polar surface area (TPSA) is 93.5 Å². The van der Waals surface area contributed by atoms with Gasteiger partial charge in [-0.25, -0.2) is 8.78 Å². The summed E-state index contributed by atoms with van der Waals surface area (Å²) in [4.78, 5) is 22.0. The number of carbonyl (C=O) groups is 1. The molecule has 0 atom stereocenters. The second kappa shape index (κ2) is 6.71. The molecule has 1 amide bonds. The molecule has 0 saturated heterocycles. The molecule has 25 heavy (non-hydrogen) atoms. The van der Waals surface area contributed by atoms with Crippen LogP contribution in [-0.4, -0.2) is 17.4 Å². The first-order chi connectivity index (χ1) is 11.9. The standard InChI is InChI=1S/C16H13F2N3O4/c17-16(18)10-3-1-9(2-4-10)7-19-11-5-12-14(6-13(11)21(23)24)25-8-15(22)20-12/h1-6,16,19H,7-8H2,(H,20,22).